The van der Waals surface area contributed by atoms with Crippen molar-refractivity contribution < 1.29 is 34.4 Å². The molecule has 0 radical (unpaired) electrons. The van der Waals surface area contributed by atoms with Gasteiger partial charge in [-0.2, -0.15) is 0 Å². The fraction of sp³-hybridized carbons (Fsp3) is 0.854. The third-order valence-electron chi connectivity index (χ3n) is 9.35. The number of allylic oxidation sites excluding steroid dienone is 4. The van der Waals surface area contributed by atoms with Crippen LogP contribution in [-0.2, 0) is 14.2 Å². The van der Waals surface area contributed by atoms with E-state index in [1.54, 1.807) is 0 Å². The molecule has 0 bridgehead atoms. The lowest BCUT2D eigenvalue weighted by Crippen LogP contribution is -2.57. The second kappa shape index (κ2) is 38.4. The number of rotatable bonds is 36. The number of aliphatic hydroxyl groups is 3. The zero-order valence-electron chi connectivity index (χ0n) is 32.8. The lowest BCUT2D eigenvalue weighted by atomic mass is 9.82. The van der Waals surface area contributed by atoms with Gasteiger partial charge in [-0.25, -0.2) is 0 Å². The Morgan fingerprint density at radius 2 is 0.922 bits per heavy atom. The van der Waals surface area contributed by atoms with Crippen LogP contribution in [0.15, 0.2) is 24.3 Å². The molecule has 3 atom stereocenters. The predicted molar refractivity (Wildman–Crippen MR) is 212 cm³/mol. The first-order chi connectivity index (χ1) is 24.6. The minimum atomic E-state index is -2.51. The fourth-order valence-electron chi connectivity index (χ4n) is 5.84. The van der Waals surface area contributed by atoms with Crippen LogP contribution in [0.2, 0.25) is 0 Å². The van der Waals surface area contributed by atoms with Crippen LogP contribution in [0.5, 0.6) is 0 Å². The van der Waals surface area contributed by atoms with Crippen LogP contribution >= 0.6 is 8.03 Å². The number of carbonyl (C=O) groups excluding carboxylic acids is 2. The molecule has 0 fully saturated rings. The normalized spacial score (nSPS) is 13.4. The molecule has 300 valence electrons. The van der Waals surface area contributed by atoms with Gasteiger partial charge >= 0.3 is 8.03 Å². The van der Waals surface area contributed by atoms with E-state index < -0.39 is 43.7 Å². The summed E-state index contributed by atoms with van der Waals surface area (Å²) in [4.78, 5) is 35.4. The van der Waals surface area contributed by atoms with E-state index in [1.165, 1.54) is 89.9 Å². The fourth-order valence-corrected chi connectivity index (χ4v) is 6.01. The van der Waals surface area contributed by atoms with E-state index in [0.717, 1.165) is 64.2 Å². The molecule has 0 amide bonds. The molecule has 3 unspecified atom stereocenters. The van der Waals surface area contributed by atoms with Crippen molar-refractivity contribution in [3.8, 4) is 0 Å². The average Bonchev–Trinajstić information content (AvgIpc) is 3.13. The third-order valence-corrected chi connectivity index (χ3v) is 10.1. The van der Waals surface area contributed by atoms with Gasteiger partial charge in [-0.3, -0.25) is 15.3 Å². The lowest BCUT2D eigenvalue weighted by Gasteiger charge is -2.29. The van der Waals surface area contributed by atoms with Crippen LogP contribution in [0.4, 0.5) is 0 Å². The smallest absolute Gasteiger partial charge is 0.329 e. The molecule has 0 aromatic carbocycles. The molecule has 0 aromatic heterocycles. The number of carbonyl (C=O) groups is 2. The van der Waals surface area contributed by atoms with Gasteiger partial charge in [0.25, 0.3) is 0 Å². The molecule has 0 aliphatic heterocycles. The number of unbranched alkanes of at least 4 members (excludes halogenated alkanes) is 22. The number of ketones is 2. The highest BCUT2D eigenvalue weighted by Gasteiger charge is 2.48. The zero-order valence-corrected chi connectivity index (χ0v) is 33.6. The van der Waals surface area contributed by atoms with E-state index in [0.29, 0.717) is 12.8 Å². The van der Waals surface area contributed by atoms with E-state index in [2.05, 4.69) is 38.2 Å². The second-order valence-electron chi connectivity index (χ2n) is 14.1. The Balaban J connectivity index is 0. The lowest BCUT2D eigenvalue weighted by molar-refractivity contribution is -0.167. The molecule has 0 spiro atoms. The Bertz CT molecular complexity index is 832. The maximum atomic E-state index is 12.8. The SMILES string of the molecule is CCCCCCCC/C=C\CCCCCCCC(=O)C(O)(C(=O)CCCCCCC/C=C\CCCCCCCC)C(O)CO.NCC(N)[P+](=O)[O-]. The second-order valence-corrected chi connectivity index (χ2v) is 15.3. The molecule has 7 N–H and O–H groups in total. The first kappa shape index (κ1) is 51.8. The van der Waals surface area contributed by atoms with Crippen molar-refractivity contribution >= 4 is 19.6 Å². The Labute approximate surface area is 313 Å². The van der Waals surface area contributed by atoms with Crippen LogP contribution in [-0.4, -0.2) is 57.5 Å². The summed E-state index contributed by atoms with van der Waals surface area (Å²) in [5.41, 5.74) is 7.27. The Kier molecular flexibility index (Phi) is 39.0. The van der Waals surface area contributed by atoms with E-state index >= 15 is 0 Å². The topological polar surface area (TPSA) is 187 Å². The van der Waals surface area contributed by atoms with Gasteiger partial charge in [-0.05, 0) is 64.2 Å². The predicted octanol–water partition coefficient (Wildman–Crippen LogP) is 8.62. The standard InChI is InChI=1S/C39H72O5.C2H7N2O2P/c1-3-5-7-9-11-13-15-17-19-21-23-25-27-29-31-33-36(41)39(44,38(43)35-40)37(42)34-32-30-28-26-24-22-20-18-16-14-12-10-8-6-4-2;3-1-2(4)7(5)6/h17-20,38,40,43-44H,3-16,21-35H2,1-2H3;2H,1,3-4H2/b19-17-,20-18-;. The molecule has 0 aliphatic rings. The monoisotopic (exact) mass is 743 g/mol. The minimum Gasteiger partial charge on any atom is -0.594 e. The summed E-state index contributed by atoms with van der Waals surface area (Å²) in [5, 5.41) is 30.6. The Morgan fingerprint density at radius 3 is 1.18 bits per heavy atom. The third kappa shape index (κ3) is 30.8. The Morgan fingerprint density at radius 1 is 0.627 bits per heavy atom. The van der Waals surface area contributed by atoms with Crippen molar-refractivity contribution in [3.05, 3.63) is 24.3 Å². The van der Waals surface area contributed by atoms with Crippen molar-refractivity contribution in [2.75, 3.05) is 13.2 Å². The number of Topliss-reactive ketones (excluding diaryl/α,β-unsaturated/α-hetero) is 2. The van der Waals surface area contributed by atoms with Crippen molar-refractivity contribution in [1.82, 2.24) is 0 Å². The van der Waals surface area contributed by atoms with Gasteiger partial charge < -0.3 is 25.9 Å². The quantitative estimate of drug-likeness (QED) is 0.0181. The largest absolute Gasteiger partial charge is 0.594 e. The first-order valence-electron chi connectivity index (χ1n) is 20.6. The molecular formula is C41H79N2O7P. The van der Waals surface area contributed by atoms with Crippen molar-refractivity contribution in [3.63, 3.8) is 0 Å². The maximum Gasteiger partial charge on any atom is 0.329 e. The summed E-state index contributed by atoms with van der Waals surface area (Å²) < 4.78 is 9.76. The molecule has 0 aliphatic carbocycles. The molecule has 51 heavy (non-hydrogen) atoms. The summed E-state index contributed by atoms with van der Waals surface area (Å²) in [5.74, 6) is -2.18. The molecule has 0 heterocycles. The van der Waals surface area contributed by atoms with Gasteiger partial charge in [-0.1, -0.05) is 145 Å². The molecular weight excluding hydrogens is 663 g/mol. The van der Waals surface area contributed by atoms with E-state index in [-0.39, 0.29) is 19.4 Å². The van der Waals surface area contributed by atoms with E-state index in [1.807, 2.05) is 0 Å². The highest BCUT2D eigenvalue weighted by molar-refractivity contribution is 7.37. The molecule has 9 nitrogen and oxygen atoms in total. The highest BCUT2D eigenvalue weighted by Crippen LogP contribution is 2.22. The molecule has 0 saturated heterocycles. The highest BCUT2D eigenvalue weighted by atomic mass is 31.1. The Hall–Kier alpha value is -1.32. The number of nitrogens with two attached hydrogens (primary N) is 2. The van der Waals surface area contributed by atoms with Crippen molar-refractivity contribution in [2.45, 2.75) is 211 Å². The van der Waals surface area contributed by atoms with Gasteiger partial charge in [0.1, 0.15) is 6.10 Å². The summed E-state index contributed by atoms with van der Waals surface area (Å²) in [6.45, 7) is 3.68. The molecule has 0 saturated carbocycles. The number of hydrogen-bond donors (Lipinski definition) is 5. The minimum absolute atomic E-state index is 0.00129. The van der Waals surface area contributed by atoms with E-state index in [4.69, 9.17) is 11.5 Å². The van der Waals surface area contributed by atoms with Crippen LogP contribution in [0.25, 0.3) is 0 Å². The summed E-state index contributed by atoms with van der Waals surface area (Å²) in [6.07, 6.45) is 37.3. The average molecular weight is 743 g/mol. The van der Waals surface area contributed by atoms with Gasteiger partial charge in [0.05, 0.1) is 13.2 Å². The van der Waals surface area contributed by atoms with Gasteiger partial charge in [0, 0.05) is 12.8 Å². The van der Waals surface area contributed by atoms with Crippen molar-refractivity contribution in [2.24, 2.45) is 11.5 Å². The summed E-state index contributed by atoms with van der Waals surface area (Å²) in [6, 6.07) is 0. The van der Waals surface area contributed by atoms with E-state index in [9.17, 15) is 34.4 Å². The number of hydrogen-bond acceptors (Lipinski definition) is 9. The molecule has 0 aromatic rings. The summed E-state index contributed by atoms with van der Waals surface area (Å²) in [7, 11) is -2.51. The number of aliphatic hydroxyl groups excluding tert-OH is 2. The maximum absolute atomic E-state index is 12.8. The van der Waals surface area contributed by atoms with Gasteiger partial charge in [-0.15, -0.1) is 0 Å². The summed E-state index contributed by atoms with van der Waals surface area (Å²) >= 11 is 0. The van der Waals surface area contributed by atoms with Gasteiger partial charge in [0.15, 0.2) is 11.6 Å². The molecule has 10 heteroatoms. The van der Waals surface area contributed by atoms with Crippen LogP contribution in [0.1, 0.15) is 194 Å². The molecule has 0 rings (SSSR count). The van der Waals surface area contributed by atoms with Crippen LogP contribution in [0, 0.1) is 0 Å². The van der Waals surface area contributed by atoms with Crippen LogP contribution in [0.3, 0.4) is 0 Å². The van der Waals surface area contributed by atoms with Crippen LogP contribution < -0.4 is 16.4 Å². The zero-order chi connectivity index (χ0) is 38.4. The van der Waals surface area contributed by atoms with Crippen molar-refractivity contribution in [1.29, 1.82) is 0 Å². The first-order valence-corrected chi connectivity index (χ1v) is 21.8. The van der Waals surface area contributed by atoms with Gasteiger partial charge in [0.2, 0.25) is 11.4 Å².